The number of hydrogen-bond acceptors (Lipinski definition) is 6. The van der Waals surface area contributed by atoms with Crippen LogP contribution in [0.2, 0.25) is 0 Å². The van der Waals surface area contributed by atoms with Crippen molar-refractivity contribution in [3.63, 3.8) is 0 Å². The normalized spacial score (nSPS) is 16.8. The van der Waals surface area contributed by atoms with Crippen LogP contribution in [0.5, 0.6) is 0 Å². The van der Waals surface area contributed by atoms with Gasteiger partial charge < -0.3 is 14.2 Å². The Labute approximate surface area is 195 Å². The molecule has 1 aliphatic rings. The highest BCUT2D eigenvalue weighted by Crippen LogP contribution is 2.33. The number of ether oxygens (including phenoxy) is 1. The number of fused-ring (bicyclic) bond motifs is 2. The van der Waals surface area contributed by atoms with E-state index in [1.54, 1.807) is 18.4 Å². The first-order chi connectivity index (χ1) is 15.7. The lowest BCUT2D eigenvalue weighted by atomic mass is 9.99. The van der Waals surface area contributed by atoms with Gasteiger partial charge >= 0.3 is 0 Å². The largest absolute Gasteiger partial charge is 0.383 e. The number of piperidine rings is 1. The molecule has 0 spiro atoms. The quantitative estimate of drug-likeness (QED) is 0.367. The first-order valence-corrected chi connectivity index (χ1v) is 12.7. The first-order valence-electron chi connectivity index (χ1n) is 10.9. The van der Waals surface area contributed by atoms with E-state index in [0.717, 1.165) is 59.2 Å². The molecule has 0 saturated carbocycles. The molecular weight excluding hydrogens is 440 g/mol. The van der Waals surface area contributed by atoms with Gasteiger partial charge in [0, 0.05) is 32.7 Å². The zero-order valence-electron chi connectivity index (χ0n) is 18.1. The van der Waals surface area contributed by atoms with Crippen LogP contribution in [0.15, 0.2) is 53.7 Å². The lowest BCUT2D eigenvalue weighted by Gasteiger charge is -2.31. The lowest BCUT2D eigenvalue weighted by molar-refractivity contribution is -0.129. The van der Waals surface area contributed by atoms with Crippen molar-refractivity contribution >= 4 is 50.3 Å². The van der Waals surface area contributed by atoms with Crippen molar-refractivity contribution in [1.82, 2.24) is 19.4 Å². The maximum atomic E-state index is 13.1. The zero-order chi connectivity index (χ0) is 21.9. The number of para-hydroxylation sites is 3. The summed E-state index contributed by atoms with van der Waals surface area (Å²) in [7, 11) is 1.70. The summed E-state index contributed by atoms with van der Waals surface area (Å²) >= 11 is 3.28. The Morgan fingerprint density at radius 2 is 1.97 bits per heavy atom. The Bertz CT molecular complexity index is 1200. The molecule has 1 atom stereocenters. The number of aromatic nitrogens is 3. The van der Waals surface area contributed by atoms with Crippen LogP contribution in [-0.4, -0.2) is 57.9 Å². The minimum Gasteiger partial charge on any atom is -0.383 e. The smallest absolute Gasteiger partial charge is 0.233 e. The van der Waals surface area contributed by atoms with Gasteiger partial charge in [0.15, 0.2) is 5.16 Å². The van der Waals surface area contributed by atoms with Crippen molar-refractivity contribution in [2.24, 2.45) is 0 Å². The van der Waals surface area contributed by atoms with Crippen molar-refractivity contribution in [2.45, 2.75) is 30.5 Å². The summed E-state index contributed by atoms with van der Waals surface area (Å²) in [6.07, 6.45) is 2.10. The molecule has 32 heavy (non-hydrogen) atoms. The van der Waals surface area contributed by atoms with Crippen molar-refractivity contribution in [3.8, 4) is 0 Å². The molecule has 8 heteroatoms. The number of rotatable bonds is 7. The molecule has 166 valence electrons. The van der Waals surface area contributed by atoms with E-state index in [4.69, 9.17) is 14.7 Å². The number of nitrogens with zero attached hydrogens (tertiary/aromatic N) is 4. The molecule has 1 fully saturated rings. The van der Waals surface area contributed by atoms with E-state index >= 15 is 0 Å². The highest BCUT2D eigenvalue weighted by molar-refractivity contribution is 7.99. The fraction of sp³-hybridized carbons (Fsp3) is 0.375. The third-order valence-corrected chi connectivity index (χ3v) is 8.06. The van der Waals surface area contributed by atoms with Crippen LogP contribution in [0.25, 0.3) is 21.3 Å². The fourth-order valence-electron chi connectivity index (χ4n) is 4.25. The fourth-order valence-corrected chi connectivity index (χ4v) is 6.29. The van der Waals surface area contributed by atoms with Crippen LogP contribution in [0.1, 0.15) is 23.8 Å². The van der Waals surface area contributed by atoms with Gasteiger partial charge in [-0.2, -0.15) is 0 Å². The summed E-state index contributed by atoms with van der Waals surface area (Å²) < 4.78 is 8.65. The third-order valence-electron chi connectivity index (χ3n) is 5.90. The molecule has 0 N–H and O–H groups in total. The summed E-state index contributed by atoms with van der Waals surface area (Å²) in [6, 6.07) is 16.4. The van der Waals surface area contributed by atoms with Gasteiger partial charge in [-0.05, 0) is 37.1 Å². The SMILES string of the molecule is COCCn1c(SCC(=O)N2CCC[C@H](c3nc4ccccc4s3)C2)nc2ccccc21. The van der Waals surface area contributed by atoms with Crippen molar-refractivity contribution < 1.29 is 9.53 Å². The maximum Gasteiger partial charge on any atom is 0.233 e. The Hall–Kier alpha value is -2.42. The summed E-state index contributed by atoms with van der Waals surface area (Å²) in [6.45, 7) is 2.90. The number of imidazole rings is 1. The monoisotopic (exact) mass is 466 g/mol. The highest BCUT2D eigenvalue weighted by Gasteiger charge is 2.27. The minimum absolute atomic E-state index is 0.172. The highest BCUT2D eigenvalue weighted by atomic mass is 32.2. The molecule has 1 aliphatic heterocycles. The molecule has 0 unspecified atom stereocenters. The van der Waals surface area contributed by atoms with Gasteiger partial charge in [0.2, 0.25) is 5.91 Å². The van der Waals surface area contributed by atoms with Crippen LogP contribution in [0.4, 0.5) is 0 Å². The number of hydrogen-bond donors (Lipinski definition) is 0. The third kappa shape index (κ3) is 4.40. The molecule has 2 aromatic heterocycles. The average Bonchev–Trinajstić information content (AvgIpc) is 3.42. The summed E-state index contributed by atoms with van der Waals surface area (Å²) in [5.74, 6) is 0.885. The molecule has 1 saturated heterocycles. The van der Waals surface area contributed by atoms with Crippen LogP contribution in [-0.2, 0) is 16.1 Å². The number of thiazole rings is 1. The molecule has 6 nitrogen and oxygen atoms in total. The van der Waals surface area contributed by atoms with Gasteiger partial charge in [-0.1, -0.05) is 36.0 Å². The predicted octanol–water partition coefficient (Wildman–Crippen LogP) is 4.79. The summed E-state index contributed by atoms with van der Waals surface area (Å²) in [5.41, 5.74) is 3.09. The number of thioether (sulfide) groups is 1. The molecular formula is C24H26N4O2S2. The minimum atomic E-state index is 0.172. The van der Waals surface area contributed by atoms with Crippen molar-refractivity contribution in [3.05, 3.63) is 53.5 Å². The van der Waals surface area contributed by atoms with Gasteiger partial charge in [0.05, 0.1) is 38.6 Å². The van der Waals surface area contributed by atoms with Crippen LogP contribution < -0.4 is 0 Å². The van der Waals surface area contributed by atoms with E-state index in [0.29, 0.717) is 18.3 Å². The molecule has 0 bridgehead atoms. The van der Waals surface area contributed by atoms with Crippen LogP contribution in [0.3, 0.4) is 0 Å². The maximum absolute atomic E-state index is 13.1. The van der Waals surface area contributed by atoms with Gasteiger partial charge in [-0.3, -0.25) is 4.79 Å². The molecule has 3 heterocycles. The topological polar surface area (TPSA) is 60.2 Å². The number of amides is 1. The Morgan fingerprint density at radius 3 is 2.81 bits per heavy atom. The summed E-state index contributed by atoms with van der Waals surface area (Å²) in [5, 5.41) is 2.02. The van der Waals surface area contributed by atoms with Gasteiger partial charge in [-0.25, -0.2) is 9.97 Å². The van der Waals surface area contributed by atoms with Crippen molar-refractivity contribution in [1.29, 1.82) is 0 Å². The standard InChI is InChI=1S/C24H26N4O2S2/c1-30-14-13-28-20-10-4-2-8-18(20)26-24(28)31-16-22(29)27-12-6-7-17(15-27)23-25-19-9-3-5-11-21(19)32-23/h2-5,8-11,17H,6-7,12-16H2,1H3/t17-/m0/s1. The van der Waals surface area contributed by atoms with E-state index in [1.807, 2.05) is 29.2 Å². The second kappa shape index (κ2) is 9.60. The first kappa shape index (κ1) is 21.4. The van der Waals surface area contributed by atoms with Gasteiger partial charge in [-0.15, -0.1) is 11.3 Å². The number of benzene rings is 2. The van der Waals surface area contributed by atoms with E-state index in [1.165, 1.54) is 16.5 Å². The van der Waals surface area contributed by atoms with E-state index < -0.39 is 0 Å². The van der Waals surface area contributed by atoms with Crippen LogP contribution >= 0.6 is 23.1 Å². The molecule has 5 rings (SSSR count). The van der Waals surface area contributed by atoms with E-state index in [9.17, 15) is 4.79 Å². The Kier molecular flexibility index (Phi) is 6.43. The Balaban J connectivity index is 1.27. The number of carbonyl (C=O) groups is 1. The summed E-state index contributed by atoms with van der Waals surface area (Å²) in [4.78, 5) is 24.7. The lowest BCUT2D eigenvalue weighted by Crippen LogP contribution is -2.40. The van der Waals surface area contributed by atoms with E-state index in [2.05, 4.69) is 28.8 Å². The van der Waals surface area contributed by atoms with Gasteiger partial charge in [0.25, 0.3) is 0 Å². The second-order valence-corrected chi connectivity index (χ2v) is 10.0. The molecule has 0 radical (unpaired) electrons. The number of methoxy groups -OCH3 is 1. The van der Waals surface area contributed by atoms with E-state index in [-0.39, 0.29) is 5.91 Å². The predicted molar refractivity (Wildman–Crippen MR) is 131 cm³/mol. The molecule has 2 aromatic carbocycles. The molecule has 1 amide bonds. The Morgan fingerprint density at radius 1 is 1.16 bits per heavy atom. The van der Waals surface area contributed by atoms with Crippen LogP contribution in [0, 0.1) is 0 Å². The second-order valence-electron chi connectivity index (χ2n) is 8.01. The average molecular weight is 467 g/mol. The van der Waals surface area contributed by atoms with Crippen molar-refractivity contribution in [2.75, 3.05) is 32.6 Å². The van der Waals surface area contributed by atoms with Gasteiger partial charge in [0.1, 0.15) is 0 Å². The molecule has 0 aliphatic carbocycles. The zero-order valence-corrected chi connectivity index (χ0v) is 19.7. The molecule has 4 aromatic rings. The number of carbonyl (C=O) groups excluding carboxylic acids is 1. The number of likely N-dealkylation sites (tertiary alicyclic amines) is 1.